The zero-order chi connectivity index (χ0) is 10.6. The lowest BCUT2D eigenvalue weighted by Gasteiger charge is -2.06. The number of nitrogens with one attached hydrogen (secondary N) is 1. The Balaban J connectivity index is 2.87. The van der Waals surface area contributed by atoms with Gasteiger partial charge in [-0.05, 0) is 18.2 Å². The Morgan fingerprint density at radius 1 is 1.64 bits per heavy atom. The quantitative estimate of drug-likeness (QED) is 0.913. The van der Waals surface area contributed by atoms with Gasteiger partial charge in [0.05, 0.1) is 11.3 Å². The molecule has 1 N–H and O–H groups in total. The highest BCUT2D eigenvalue weighted by Crippen LogP contribution is 2.20. The number of anilines is 1. The maximum Gasteiger partial charge on any atom is 0.101 e. The van der Waals surface area contributed by atoms with Gasteiger partial charge in [0, 0.05) is 16.0 Å². The minimum atomic E-state index is 0.534. The van der Waals surface area contributed by atoms with Crippen LogP contribution < -0.4 is 5.32 Å². The van der Waals surface area contributed by atoms with Gasteiger partial charge in [-0.3, -0.25) is 0 Å². The fraction of sp³-hybridized carbons (Fsp3) is 0.100. The lowest BCUT2D eigenvalue weighted by Crippen LogP contribution is -2.02. The van der Waals surface area contributed by atoms with Crippen LogP contribution in [0.1, 0.15) is 5.56 Å². The third kappa shape index (κ3) is 3.06. The Bertz CT molecular complexity index is 396. The first-order chi connectivity index (χ1) is 6.63. The van der Waals surface area contributed by atoms with Crippen LogP contribution in [0.25, 0.3) is 0 Å². The molecule has 0 heterocycles. The van der Waals surface area contributed by atoms with Gasteiger partial charge in [-0.25, -0.2) is 0 Å². The van der Waals surface area contributed by atoms with Gasteiger partial charge in [-0.1, -0.05) is 34.1 Å². The van der Waals surface area contributed by atoms with Crippen LogP contribution in [0.15, 0.2) is 29.3 Å². The average molecular weight is 272 g/mol. The standard InChI is InChI=1S/C10H8BrClN2/c1-7(11)6-14-10-3-2-9(12)4-8(10)5-13/h2-4,14H,1,6H2. The highest BCUT2D eigenvalue weighted by Gasteiger charge is 2.01. The number of halogens is 2. The van der Waals surface area contributed by atoms with Gasteiger partial charge in [0.25, 0.3) is 0 Å². The number of benzene rings is 1. The molecule has 1 aromatic rings. The Morgan fingerprint density at radius 3 is 2.93 bits per heavy atom. The predicted molar refractivity (Wildman–Crippen MR) is 62.7 cm³/mol. The van der Waals surface area contributed by atoms with Gasteiger partial charge >= 0.3 is 0 Å². The Labute approximate surface area is 96.3 Å². The molecule has 0 saturated carbocycles. The van der Waals surface area contributed by atoms with E-state index >= 15 is 0 Å². The fourth-order valence-corrected chi connectivity index (χ4v) is 1.27. The van der Waals surface area contributed by atoms with E-state index in [1.54, 1.807) is 18.2 Å². The van der Waals surface area contributed by atoms with Gasteiger partial charge in [-0.15, -0.1) is 0 Å². The van der Waals surface area contributed by atoms with Crippen molar-refractivity contribution < 1.29 is 0 Å². The zero-order valence-corrected chi connectivity index (χ0v) is 9.69. The second-order valence-electron chi connectivity index (χ2n) is 2.67. The van der Waals surface area contributed by atoms with Gasteiger partial charge in [0.15, 0.2) is 0 Å². The van der Waals surface area contributed by atoms with E-state index in [4.69, 9.17) is 16.9 Å². The van der Waals surface area contributed by atoms with E-state index in [0.717, 1.165) is 10.2 Å². The minimum Gasteiger partial charge on any atom is -0.379 e. The predicted octanol–water partition coefficient (Wildman–Crippen LogP) is 3.53. The second kappa shape index (κ2) is 5.04. The topological polar surface area (TPSA) is 35.8 Å². The lowest BCUT2D eigenvalue weighted by atomic mass is 10.2. The van der Waals surface area contributed by atoms with Gasteiger partial charge in [0.1, 0.15) is 6.07 Å². The molecule has 0 radical (unpaired) electrons. The molecule has 4 heteroatoms. The first-order valence-corrected chi connectivity index (χ1v) is 5.07. The van der Waals surface area contributed by atoms with E-state index in [0.29, 0.717) is 17.1 Å². The van der Waals surface area contributed by atoms with Crippen molar-refractivity contribution in [2.45, 2.75) is 0 Å². The van der Waals surface area contributed by atoms with E-state index in [-0.39, 0.29) is 0 Å². The van der Waals surface area contributed by atoms with Crippen molar-refractivity contribution in [3.8, 4) is 6.07 Å². The molecule has 0 unspecified atom stereocenters. The monoisotopic (exact) mass is 270 g/mol. The van der Waals surface area contributed by atoms with E-state index in [1.165, 1.54) is 0 Å². The van der Waals surface area contributed by atoms with Crippen LogP contribution in [0.4, 0.5) is 5.69 Å². The summed E-state index contributed by atoms with van der Waals surface area (Å²) < 4.78 is 0.830. The summed E-state index contributed by atoms with van der Waals surface area (Å²) in [5.74, 6) is 0. The van der Waals surface area contributed by atoms with Crippen molar-refractivity contribution in [2.24, 2.45) is 0 Å². The second-order valence-corrected chi connectivity index (χ2v) is 4.23. The van der Waals surface area contributed by atoms with Crippen LogP contribution in [0.2, 0.25) is 5.02 Å². The zero-order valence-electron chi connectivity index (χ0n) is 7.35. The smallest absolute Gasteiger partial charge is 0.101 e. The largest absolute Gasteiger partial charge is 0.379 e. The summed E-state index contributed by atoms with van der Waals surface area (Å²) in [6.45, 7) is 4.27. The molecule has 0 spiro atoms. The summed E-state index contributed by atoms with van der Waals surface area (Å²) in [5, 5.41) is 12.4. The lowest BCUT2D eigenvalue weighted by molar-refractivity contribution is 1.31. The van der Waals surface area contributed by atoms with Crippen molar-refractivity contribution in [1.29, 1.82) is 5.26 Å². The summed E-state index contributed by atoms with van der Waals surface area (Å²) >= 11 is 8.98. The molecule has 0 aliphatic heterocycles. The SMILES string of the molecule is C=C(Br)CNc1ccc(Cl)cc1C#N. The third-order valence-electron chi connectivity index (χ3n) is 1.57. The van der Waals surface area contributed by atoms with Crippen molar-refractivity contribution in [1.82, 2.24) is 0 Å². The number of nitriles is 1. The van der Waals surface area contributed by atoms with E-state index in [9.17, 15) is 0 Å². The summed E-state index contributed by atoms with van der Waals surface area (Å²) in [6, 6.07) is 7.21. The molecule has 0 aliphatic carbocycles. The molecular formula is C10H8BrClN2. The Kier molecular flexibility index (Phi) is 3.99. The normalized spacial score (nSPS) is 9.21. The molecule has 2 nitrogen and oxygen atoms in total. The summed E-state index contributed by atoms with van der Waals surface area (Å²) in [6.07, 6.45) is 0. The van der Waals surface area contributed by atoms with Gasteiger partial charge in [-0.2, -0.15) is 5.26 Å². The van der Waals surface area contributed by atoms with Crippen molar-refractivity contribution in [3.05, 3.63) is 39.8 Å². The van der Waals surface area contributed by atoms with Gasteiger partial charge in [0.2, 0.25) is 0 Å². The molecule has 0 fully saturated rings. The van der Waals surface area contributed by atoms with Gasteiger partial charge < -0.3 is 5.32 Å². The van der Waals surface area contributed by atoms with Crippen LogP contribution in [0.5, 0.6) is 0 Å². The number of hydrogen-bond acceptors (Lipinski definition) is 2. The molecule has 0 saturated heterocycles. The van der Waals surface area contributed by atoms with E-state index in [1.807, 2.05) is 0 Å². The number of nitrogens with zero attached hydrogens (tertiary/aromatic N) is 1. The fourth-order valence-electron chi connectivity index (χ4n) is 0.954. The van der Waals surface area contributed by atoms with Crippen molar-refractivity contribution in [3.63, 3.8) is 0 Å². The molecule has 72 valence electrons. The molecule has 0 aromatic heterocycles. The Morgan fingerprint density at radius 2 is 2.36 bits per heavy atom. The Hall–Kier alpha value is -0.980. The third-order valence-corrected chi connectivity index (χ3v) is 2.09. The van der Waals surface area contributed by atoms with Crippen LogP contribution >= 0.6 is 27.5 Å². The number of rotatable bonds is 3. The molecule has 1 rings (SSSR count). The summed E-state index contributed by atoms with van der Waals surface area (Å²) in [4.78, 5) is 0. The van der Waals surface area contributed by atoms with E-state index in [2.05, 4.69) is 33.9 Å². The molecule has 0 bridgehead atoms. The molecule has 1 aromatic carbocycles. The maximum atomic E-state index is 8.83. The average Bonchev–Trinajstić information content (AvgIpc) is 2.15. The van der Waals surface area contributed by atoms with Crippen molar-refractivity contribution >= 4 is 33.2 Å². The van der Waals surface area contributed by atoms with E-state index < -0.39 is 0 Å². The van der Waals surface area contributed by atoms with Crippen molar-refractivity contribution in [2.75, 3.05) is 11.9 Å². The summed E-state index contributed by atoms with van der Waals surface area (Å²) in [5.41, 5.74) is 1.30. The minimum absolute atomic E-state index is 0.534. The highest BCUT2D eigenvalue weighted by atomic mass is 79.9. The summed E-state index contributed by atoms with van der Waals surface area (Å²) in [7, 11) is 0. The molecule has 0 aliphatic rings. The first-order valence-electron chi connectivity index (χ1n) is 3.90. The van der Waals surface area contributed by atoms with Crippen LogP contribution in [0, 0.1) is 11.3 Å². The van der Waals surface area contributed by atoms with Crippen LogP contribution in [0.3, 0.4) is 0 Å². The highest BCUT2D eigenvalue weighted by molar-refractivity contribution is 9.11. The molecule has 0 amide bonds. The molecule has 0 atom stereocenters. The van der Waals surface area contributed by atoms with Crippen LogP contribution in [-0.2, 0) is 0 Å². The number of hydrogen-bond donors (Lipinski definition) is 1. The molecule has 14 heavy (non-hydrogen) atoms. The van der Waals surface area contributed by atoms with Crippen LogP contribution in [-0.4, -0.2) is 6.54 Å². The molecular weight excluding hydrogens is 263 g/mol. The maximum absolute atomic E-state index is 8.83. The first kappa shape index (κ1) is 11.1.